The topological polar surface area (TPSA) is 73.0 Å². The minimum atomic E-state index is -0.343. The van der Waals surface area contributed by atoms with Crippen LogP contribution in [0.1, 0.15) is 21.7 Å². The normalized spacial score (nSPS) is 10.8. The SMILES string of the molecule is Cc1onc(-c2ccccc2)c1C(=O)Nc1ccn(Cc2ccc(F)cc2)n1. The Kier molecular flexibility index (Phi) is 4.72. The van der Waals surface area contributed by atoms with E-state index in [2.05, 4.69) is 15.6 Å². The highest BCUT2D eigenvalue weighted by Crippen LogP contribution is 2.25. The summed E-state index contributed by atoms with van der Waals surface area (Å²) in [5.41, 5.74) is 2.57. The van der Waals surface area contributed by atoms with Gasteiger partial charge >= 0.3 is 0 Å². The Labute approximate surface area is 160 Å². The largest absolute Gasteiger partial charge is 0.360 e. The van der Waals surface area contributed by atoms with E-state index in [1.54, 1.807) is 36.0 Å². The van der Waals surface area contributed by atoms with Crippen molar-refractivity contribution in [2.24, 2.45) is 0 Å². The van der Waals surface area contributed by atoms with Crippen molar-refractivity contribution in [3.8, 4) is 11.3 Å². The number of carbonyl (C=O) groups is 1. The summed E-state index contributed by atoms with van der Waals surface area (Å²) < 4.78 is 19.9. The maximum absolute atomic E-state index is 13.0. The first-order chi connectivity index (χ1) is 13.6. The Hall–Kier alpha value is -3.74. The molecule has 4 aromatic rings. The molecule has 0 aliphatic carbocycles. The summed E-state index contributed by atoms with van der Waals surface area (Å²) in [7, 11) is 0. The molecule has 2 aromatic carbocycles. The first kappa shape index (κ1) is 17.7. The van der Waals surface area contributed by atoms with Crippen molar-refractivity contribution in [3.05, 3.63) is 89.6 Å². The lowest BCUT2D eigenvalue weighted by molar-refractivity contribution is 0.102. The van der Waals surface area contributed by atoms with Gasteiger partial charge in [0.05, 0.1) is 6.54 Å². The molecule has 0 unspecified atom stereocenters. The van der Waals surface area contributed by atoms with Gasteiger partial charge in [-0.05, 0) is 24.6 Å². The highest BCUT2D eigenvalue weighted by atomic mass is 19.1. The van der Waals surface area contributed by atoms with Gasteiger partial charge in [-0.15, -0.1) is 0 Å². The summed E-state index contributed by atoms with van der Waals surface area (Å²) in [6.07, 6.45) is 1.75. The Morgan fingerprint density at radius 3 is 2.61 bits per heavy atom. The average molecular weight is 376 g/mol. The van der Waals surface area contributed by atoms with E-state index in [1.807, 2.05) is 30.3 Å². The van der Waals surface area contributed by atoms with Gasteiger partial charge in [0.15, 0.2) is 5.82 Å². The number of benzene rings is 2. The maximum atomic E-state index is 13.0. The van der Waals surface area contributed by atoms with Crippen molar-refractivity contribution < 1.29 is 13.7 Å². The van der Waals surface area contributed by atoms with Crippen LogP contribution in [0.2, 0.25) is 0 Å². The number of aryl methyl sites for hydroxylation is 1. The van der Waals surface area contributed by atoms with Crippen LogP contribution in [0.25, 0.3) is 11.3 Å². The van der Waals surface area contributed by atoms with Gasteiger partial charge in [0.1, 0.15) is 22.8 Å². The molecule has 0 fully saturated rings. The van der Waals surface area contributed by atoms with Crippen LogP contribution in [-0.2, 0) is 6.54 Å². The summed E-state index contributed by atoms with van der Waals surface area (Å²) in [5.74, 6) is 0.217. The number of nitrogens with one attached hydrogen (secondary N) is 1. The lowest BCUT2D eigenvalue weighted by Crippen LogP contribution is -2.14. The zero-order valence-corrected chi connectivity index (χ0v) is 15.1. The lowest BCUT2D eigenvalue weighted by atomic mass is 10.1. The Balaban J connectivity index is 1.51. The molecule has 0 atom stereocenters. The van der Waals surface area contributed by atoms with E-state index in [-0.39, 0.29) is 11.7 Å². The van der Waals surface area contributed by atoms with Gasteiger partial charge in [-0.1, -0.05) is 47.6 Å². The summed E-state index contributed by atoms with van der Waals surface area (Å²) in [4.78, 5) is 12.8. The van der Waals surface area contributed by atoms with Crippen molar-refractivity contribution in [2.45, 2.75) is 13.5 Å². The van der Waals surface area contributed by atoms with E-state index < -0.39 is 0 Å². The number of carbonyl (C=O) groups excluding carboxylic acids is 1. The van der Waals surface area contributed by atoms with Crippen LogP contribution >= 0.6 is 0 Å². The number of hydrogen-bond donors (Lipinski definition) is 1. The zero-order chi connectivity index (χ0) is 19.5. The standard InChI is InChI=1S/C21H17FN4O2/c1-14-19(20(25-28-14)16-5-3-2-4-6-16)21(27)23-18-11-12-26(24-18)13-15-7-9-17(22)10-8-15/h2-12H,13H2,1H3,(H,23,24,27). The second-order valence-corrected chi connectivity index (χ2v) is 6.31. The first-order valence-corrected chi connectivity index (χ1v) is 8.71. The van der Waals surface area contributed by atoms with Gasteiger partial charge in [-0.3, -0.25) is 9.48 Å². The molecule has 28 heavy (non-hydrogen) atoms. The van der Waals surface area contributed by atoms with Crippen molar-refractivity contribution in [3.63, 3.8) is 0 Å². The summed E-state index contributed by atoms with van der Waals surface area (Å²) >= 11 is 0. The summed E-state index contributed by atoms with van der Waals surface area (Å²) in [6.45, 7) is 2.17. The van der Waals surface area contributed by atoms with Crippen LogP contribution in [0, 0.1) is 12.7 Å². The maximum Gasteiger partial charge on any atom is 0.262 e. The smallest absolute Gasteiger partial charge is 0.262 e. The first-order valence-electron chi connectivity index (χ1n) is 8.71. The van der Waals surface area contributed by atoms with Crippen LogP contribution in [0.5, 0.6) is 0 Å². The van der Waals surface area contributed by atoms with Crippen LogP contribution in [0.3, 0.4) is 0 Å². The van der Waals surface area contributed by atoms with Gasteiger partial charge in [-0.2, -0.15) is 5.10 Å². The average Bonchev–Trinajstić information content (AvgIpc) is 3.30. The molecule has 0 saturated carbocycles. The number of anilines is 1. The van der Waals surface area contributed by atoms with Crippen molar-refractivity contribution in [2.75, 3.05) is 5.32 Å². The molecule has 2 heterocycles. The Bertz CT molecular complexity index is 1100. The predicted molar refractivity (Wildman–Crippen MR) is 102 cm³/mol. The van der Waals surface area contributed by atoms with Gasteiger partial charge in [-0.25, -0.2) is 4.39 Å². The molecule has 140 valence electrons. The Morgan fingerprint density at radius 1 is 1.11 bits per heavy atom. The fourth-order valence-corrected chi connectivity index (χ4v) is 2.90. The Morgan fingerprint density at radius 2 is 1.86 bits per heavy atom. The highest BCUT2D eigenvalue weighted by molar-refractivity contribution is 6.08. The molecule has 4 rings (SSSR count). The van der Waals surface area contributed by atoms with E-state index in [0.29, 0.717) is 29.4 Å². The molecule has 0 saturated heterocycles. The second-order valence-electron chi connectivity index (χ2n) is 6.31. The molecular weight excluding hydrogens is 359 g/mol. The fraction of sp³-hybridized carbons (Fsp3) is 0.0952. The van der Waals surface area contributed by atoms with Gasteiger partial charge < -0.3 is 9.84 Å². The van der Waals surface area contributed by atoms with Crippen LogP contribution < -0.4 is 5.32 Å². The van der Waals surface area contributed by atoms with Crippen molar-refractivity contribution in [1.82, 2.24) is 14.9 Å². The fourth-order valence-electron chi connectivity index (χ4n) is 2.90. The molecular formula is C21H17FN4O2. The number of aromatic nitrogens is 3. The van der Waals surface area contributed by atoms with E-state index in [4.69, 9.17) is 4.52 Å². The number of hydrogen-bond acceptors (Lipinski definition) is 4. The quantitative estimate of drug-likeness (QED) is 0.564. The van der Waals surface area contributed by atoms with Crippen LogP contribution in [0.15, 0.2) is 71.4 Å². The van der Waals surface area contributed by atoms with Crippen molar-refractivity contribution in [1.29, 1.82) is 0 Å². The third-order valence-electron chi connectivity index (χ3n) is 4.28. The molecule has 1 N–H and O–H groups in total. The van der Waals surface area contributed by atoms with Gasteiger partial charge in [0, 0.05) is 17.8 Å². The third-order valence-corrected chi connectivity index (χ3v) is 4.28. The van der Waals surface area contributed by atoms with Crippen LogP contribution in [0.4, 0.5) is 10.2 Å². The monoisotopic (exact) mass is 376 g/mol. The predicted octanol–water partition coefficient (Wildman–Crippen LogP) is 4.29. The minimum Gasteiger partial charge on any atom is -0.360 e. The number of nitrogens with zero attached hydrogens (tertiary/aromatic N) is 3. The van der Waals surface area contributed by atoms with E-state index in [1.165, 1.54) is 12.1 Å². The molecule has 1 amide bonds. The molecule has 0 aliphatic rings. The van der Waals surface area contributed by atoms with E-state index >= 15 is 0 Å². The number of amides is 1. The summed E-state index contributed by atoms with van der Waals surface area (Å²) in [5, 5.41) is 11.2. The minimum absolute atomic E-state index is 0.282. The number of rotatable bonds is 5. The molecule has 6 nitrogen and oxygen atoms in total. The lowest BCUT2D eigenvalue weighted by Gasteiger charge is -2.04. The number of halogens is 1. The summed E-state index contributed by atoms with van der Waals surface area (Å²) in [6, 6.07) is 17.3. The third kappa shape index (κ3) is 3.68. The molecule has 0 aliphatic heterocycles. The van der Waals surface area contributed by atoms with Crippen LogP contribution in [-0.4, -0.2) is 20.8 Å². The van der Waals surface area contributed by atoms with Crippen molar-refractivity contribution >= 4 is 11.7 Å². The molecule has 2 aromatic heterocycles. The second kappa shape index (κ2) is 7.48. The zero-order valence-electron chi connectivity index (χ0n) is 15.1. The molecule has 0 bridgehead atoms. The van der Waals surface area contributed by atoms with Gasteiger partial charge in [0.25, 0.3) is 5.91 Å². The molecule has 0 radical (unpaired) electrons. The molecule has 0 spiro atoms. The van der Waals surface area contributed by atoms with Gasteiger partial charge in [0.2, 0.25) is 0 Å². The molecule has 7 heteroatoms. The highest BCUT2D eigenvalue weighted by Gasteiger charge is 2.22. The van der Waals surface area contributed by atoms with E-state index in [9.17, 15) is 9.18 Å². The van der Waals surface area contributed by atoms with E-state index in [0.717, 1.165) is 11.1 Å².